The second-order valence-corrected chi connectivity index (χ2v) is 6.12. The lowest BCUT2D eigenvalue weighted by atomic mass is 10.2. The van der Waals surface area contributed by atoms with Crippen LogP contribution < -0.4 is 5.32 Å². The summed E-state index contributed by atoms with van der Waals surface area (Å²) in [5.41, 5.74) is 0. The molecule has 1 aromatic heterocycles. The molecular weight excluding hydrogens is 298 g/mol. The summed E-state index contributed by atoms with van der Waals surface area (Å²) in [5.74, 6) is 2.33. The quantitative estimate of drug-likeness (QED) is 0.568. The van der Waals surface area contributed by atoms with E-state index in [0.29, 0.717) is 24.6 Å². The van der Waals surface area contributed by atoms with Crippen LogP contribution in [-0.4, -0.2) is 28.3 Å². The predicted molar refractivity (Wildman–Crippen MR) is 86.8 cm³/mol. The van der Waals surface area contributed by atoms with Gasteiger partial charge in [0.15, 0.2) is 5.82 Å². The third kappa shape index (κ3) is 6.30. The van der Waals surface area contributed by atoms with Crippen molar-refractivity contribution in [1.82, 2.24) is 15.5 Å². The highest BCUT2D eigenvalue weighted by atomic mass is 32.2. The van der Waals surface area contributed by atoms with Crippen molar-refractivity contribution in [2.75, 3.05) is 12.3 Å². The second kappa shape index (κ2) is 9.25. The Morgan fingerprint density at radius 2 is 2.09 bits per heavy atom. The molecule has 1 amide bonds. The number of thioether (sulfide) groups is 1. The number of carbonyl (C=O) groups excluding carboxylic acids is 1. The van der Waals surface area contributed by atoms with Crippen LogP contribution >= 0.6 is 11.8 Å². The topological polar surface area (TPSA) is 68.0 Å². The first-order chi connectivity index (χ1) is 10.7. The molecule has 0 saturated heterocycles. The van der Waals surface area contributed by atoms with Crippen LogP contribution in [0.1, 0.15) is 31.0 Å². The van der Waals surface area contributed by atoms with Gasteiger partial charge in [0.2, 0.25) is 11.8 Å². The van der Waals surface area contributed by atoms with Gasteiger partial charge >= 0.3 is 0 Å². The summed E-state index contributed by atoms with van der Waals surface area (Å²) in [5, 5.41) is 6.66. The maximum absolute atomic E-state index is 11.7. The number of amides is 1. The van der Waals surface area contributed by atoms with E-state index in [1.54, 1.807) is 6.92 Å². The van der Waals surface area contributed by atoms with E-state index in [0.717, 1.165) is 25.1 Å². The Balaban J connectivity index is 1.49. The van der Waals surface area contributed by atoms with E-state index in [9.17, 15) is 4.79 Å². The van der Waals surface area contributed by atoms with E-state index >= 15 is 0 Å². The van der Waals surface area contributed by atoms with E-state index in [-0.39, 0.29) is 5.91 Å². The summed E-state index contributed by atoms with van der Waals surface area (Å²) in [4.78, 5) is 17.1. The van der Waals surface area contributed by atoms with Crippen LogP contribution in [0.15, 0.2) is 39.8 Å². The van der Waals surface area contributed by atoms with Crippen molar-refractivity contribution in [3.05, 3.63) is 42.0 Å². The molecule has 6 heteroatoms. The first-order valence-corrected chi connectivity index (χ1v) is 8.46. The third-order valence-electron chi connectivity index (χ3n) is 3.02. The molecular formula is C16H21N3O2S. The average Bonchev–Trinajstić information content (AvgIpc) is 2.93. The highest BCUT2D eigenvalue weighted by Gasteiger charge is 2.05. The van der Waals surface area contributed by atoms with E-state index in [1.807, 2.05) is 30.0 Å². The number of rotatable bonds is 9. The molecule has 1 aromatic carbocycles. The molecule has 0 bridgehead atoms. The molecule has 0 radical (unpaired) electrons. The van der Waals surface area contributed by atoms with Gasteiger partial charge in [-0.15, -0.1) is 11.8 Å². The Hall–Kier alpha value is -1.82. The van der Waals surface area contributed by atoms with Gasteiger partial charge < -0.3 is 9.84 Å². The van der Waals surface area contributed by atoms with Gasteiger partial charge in [-0.3, -0.25) is 4.79 Å². The largest absolute Gasteiger partial charge is 0.356 e. The Kier molecular flexibility index (Phi) is 6.96. The molecule has 0 saturated carbocycles. The number of aromatic nitrogens is 2. The highest BCUT2D eigenvalue weighted by Crippen LogP contribution is 2.17. The van der Waals surface area contributed by atoms with Gasteiger partial charge in [0.05, 0.1) is 0 Å². The Morgan fingerprint density at radius 1 is 1.27 bits per heavy atom. The lowest BCUT2D eigenvalue weighted by Crippen LogP contribution is -2.24. The Morgan fingerprint density at radius 3 is 2.82 bits per heavy atom. The molecule has 5 nitrogen and oxygen atoms in total. The standard InChI is InChI=1S/C16H21N3O2S/c1-13-18-16(21-19-13)10-5-9-15(20)17-11-6-12-22-14-7-3-2-4-8-14/h2-4,7-8H,5-6,9-12H2,1H3,(H,17,20). The summed E-state index contributed by atoms with van der Waals surface area (Å²) < 4.78 is 5.01. The van der Waals surface area contributed by atoms with Crippen molar-refractivity contribution in [2.24, 2.45) is 0 Å². The van der Waals surface area contributed by atoms with Crippen LogP contribution in [-0.2, 0) is 11.2 Å². The number of hydrogen-bond acceptors (Lipinski definition) is 5. The average molecular weight is 319 g/mol. The molecule has 0 fully saturated rings. The van der Waals surface area contributed by atoms with Crippen molar-refractivity contribution in [2.45, 2.75) is 37.5 Å². The second-order valence-electron chi connectivity index (χ2n) is 4.95. The van der Waals surface area contributed by atoms with E-state index in [2.05, 4.69) is 27.6 Å². The van der Waals surface area contributed by atoms with Crippen LogP contribution in [0.2, 0.25) is 0 Å². The molecule has 0 atom stereocenters. The minimum atomic E-state index is 0.0842. The molecule has 1 heterocycles. The lowest BCUT2D eigenvalue weighted by Gasteiger charge is -2.04. The van der Waals surface area contributed by atoms with Crippen molar-refractivity contribution < 1.29 is 9.32 Å². The molecule has 1 N–H and O–H groups in total. The van der Waals surface area contributed by atoms with E-state index < -0.39 is 0 Å². The van der Waals surface area contributed by atoms with Crippen LogP contribution in [0.4, 0.5) is 0 Å². The zero-order valence-electron chi connectivity index (χ0n) is 12.7. The SMILES string of the molecule is Cc1noc(CCCC(=O)NCCCSc2ccccc2)n1. The van der Waals surface area contributed by atoms with E-state index in [1.165, 1.54) is 4.90 Å². The highest BCUT2D eigenvalue weighted by molar-refractivity contribution is 7.99. The third-order valence-corrected chi connectivity index (χ3v) is 4.12. The molecule has 2 aromatic rings. The number of hydrogen-bond donors (Lipinski definition) is 1. The monoisotopic (exact) mass is 319 g/mol. The fraction of sp³-hybridized carbons (Fsp3) is 0.438. The van der Waals surface area contributed by atoms with Crippen LogP contribution in [0.25, 0.3) is 0 Å². The van der Waals surface area contributed by atoms with Crippen molar-refractivity contribution >= 4 is 17.7 Å². The fourth-order valence-corrected chi connectivity index (χ4v) is 2.81. The molecule has 22 heavy (non-hydrogen) atoms. The molecule has 0 unspecified atom stereocenters. The zero-order chi connectivity index (χ0) is 15.6. The van der Waals surface area contributed by atoms with Gasteiger partial charge in [0.1, 0.15) is 0 Å². The first kappa shape index (κ1) is 16.5. The molecule has 0 aliphatic carbocycles. The van der Waals surface area contributed by atoms with Crippen molar-refractivity contribution in [3.8, 4) is 0 Å². The predicted octanol–water partition coefficient (Wildman–Crippen LogP) is 3.00. The molecule has 0 aliphatic rings. The van der Waals surface area contributed by atoms with Gasteiger partial charge in [0, 0.05) is 24.3 Å². The van der Waals surface area contributed by atoms with Gasteiger partial charge in [-0.2, -0.15) is 4.98 Å². The molecule has 118 valence electrons. The van der Waals surface area contributed by atoms with Gasteiger partial charge in [-0.1, -0.05) is 23.4 Å². The summed E-state index contributed by atoms with van der Waals surface area (Å²) in [6, 6.07) is 10.3. The number of nitrogens with zero attached hydrogens (tertiary/aromatic N) is 2. The lowest BCUT2D eigenvalue weighted by molar-refractivity contribution is -0.121. The Bertz CT molecular complexity index is 572. The smallest absolute Gasteiger partial charge is 0.226 e. The summed E-state index contributed by atoms with van der Waals surface area (Å²) in [6.07, 6.45) is 2.84. The Labute approximate surface area is 134 Å². The number of benzene rings is 1. The number of aryl methyl sites for hydroxylation is 2. The maximum Gasteiger partial charge on any atom is 0.226 e. The van der Waals surface area contributed by atoms with Crippen LogP contribution in [0.3, 0.4) is 0 Å². The van der Waals surface area contributed by atoms with Crippen molar-refractivity contribution in [3.63, 3.8) is 0 Å². The van der Waals surface area contributed by atoms with Gasteiger partial charge in [0.25, 0.3) is 0 Å². The van der Waals surface area contributed by atoms with Crippen molar-refractivity contribution in [1.29, 1.82) is 0 Å². The normalized spacial score (nSPS) is 10.6. The minimum absolute atomic E-state index is 0.0842. The van der Waals surface area contributed by atoms with Gasteiger partial charge in [-0.25, -0.2) is 0 Å². The molecule has 0 spiro atoms. The molecule has 0 aliphatic heterocycles. The minimum Gasteiger partial charge on any atom is -0.356 e. The number of nitrogens with one attached hydrogen (secondary N) is 1. The van der Waals surface area contributed by atoms with Gasteiger partial charge in [-0.05, 0) is 37.7 Å². The van der Waals surface area contributed by atoms with Crippen LogP contribution in [0, 0.1) is 6.92 Å². The van der Waals surface area contributed by atoms with E-state index in [4.69, 9.17) is 4.52 Å². The zero-order valence-corrected chi connectivity index (χ0v) is 13.6. The summed E-state index contributed by atoms with van der Waals surface area (Å²) in [7, 11) is 0. The molecule has 2 rings (SSSR count). The summed E-state index contributed by atoms with van der Waals surface area (Å²) in [6.45, 7) is 2.51. The maximum atomic E-state index is 11.7. The van der Waals surface area contributed by atoms with Crippen LogP contribution in [0.5, 0.6) is 0 Å². The summed E-state index contributed by atoms with van der Waals surface area (Å²) >= 11 is 1.81. The fourth-order valence-electron chi connectivity index (χ4n) is 1.94. The number of carbonyl (C=O) groups is 1. The first-order valence-electron chi connectivity index (χ1n) is 7.48.